The predicted octanol–water partition coefficient (Wildman–Crippen LogP) is 3.75. The van der Waals surface area contributed by atoms with Gasteiger partial charge in [-0.1, -0.05) is 41.6 Å². The first-order valence-electron chi connectivity index (χ1n) is 9.92. The summed E-state index contributed by atoms with van der Waals surface area (Å²) in [6.07, 6.45) is 0.571. The predicted molar refractivity (Wildman–Crippen MR) is 117 cm³/mol. The third kappa shape index (κ3) is 4.72. The summed E-state index contributed by atoms with van der Waals surface area (Å²) in [5.41, 5.74) is 2.48. The van der Waals surface area contributed by atoms with E-state index in [-0.39, 0.29) is 17.6 Å². The fourth-order valence-electron chi connectivity index (χ4n) is 3.22. The molecule has 0 spiro atoms. The molecule has 7 heteroatoms. The molecule has 0 atom stereocenters. The number of aromatic hydroxyl groups is 1. The van der Waals surface area contributed by atoms with Gasteiger partial charge in [0.1, 0.15) is 11.3 Å². The average Bonchev–Trinajstić information content (AvgIpc) is 3.22. The highest BCUT2D eigenvalue weighted by Gasteiger charge is 2.14. The minimum atomic E-state index is -0.270. The molecule has 7 nitrogen and oxygen atoms in total. The molecule has 0 radical (unpaired) electrons. The molecule has 0 saturated heterocycles. The summed E-state index contributed by atoms with van der Waals surface area (Å²) < 4.78 is 5.48. The van der Waals surface area contributed by atoms with Gasteiger partial charge in [-0.05, 0) is 42.8 Å². The molecule has 0 fully saturated rings. The second kappa shape index (κ2) is 9.13. The highest BCUT2D eigenvalue weighted by molar-refractivity contribution is 6.01. The molecular weight excluding hydrogens is 394 g/mol. The maximum absolute atomic E-state index is 12.5. The number of hydrogen-bond acceptors (Lipinski definition) is 5. The number of nitrogens with one attached hydrogen (secondary N) is 2. The summed E-state index contributed by atoms with van der Waals surface area (Å²) in [6.45, 7) is 0.810. The van der Waals surface area contributed by atoms with Crippen LogP contribution in [0.15, 0.2) is 77.3 Å². The Balaban J connectivity index is 1.32. The Morgan fingerprint density at radius 1 is 0.839 bits per heavy atom. The Morgan fingerprint density at radius 2 is 1.55 bits per heavy atom. The van der Waals surface area contributed by atoms with Gasteiger partial charge >= 0.3 is 0 Å². The molecule has 0 saturated carbocycles. The lowest BCUT2D eigenvalue weighted by atomic mass is 10.1. The number of phenolic OH excluding ortho intramolecular Hbond substituents is 1. The van der Waals surface area contributed by atoms with Crippen LogP contribution in [-0.2, 0) is 0 Å². The van der Waals surface area contributed by atoms with Crippen LogP contribution < -0.4 is 10.6 Å². The summed E-state index contributed by atoms with van der Waals surface area (Å²) in [4.78, 5) is 24.6. The minimum absolute atomic E-state index is 0.0418. The topological polar surface area (TPSA) is 104 Å². The number of nitrogens with zero attached hydrogens (tertiary/aromatic N) is 1. The molecule has 3 N–H and O–H groups in total. The Bertz CT molecular complexity index is 1220. The number of fused-ring (bicyclic) bond motifs is 1. The van der Waals surface area contributed by atoms with Crippen LogP contribution in [0.3, 0.4) is 0 Å². The zero-order chi connectivity index (χ0) is 21.6. The van der Waals surface area contributed by atoms with E-state index < -0.39 is 0 Å². The largest absolute Gasteiger partial charge is 0.508 e. The number of aromatic nitrogens is 1. The summed E-state index contributed by atoms with van der Waals surface area (Å²) >= 11 is 0. The van der Waals surface area contributed by atoms with Crippen LogP contribution >= 0.6 is 0 Å². The van der Waals surface area contributed by atoms with E-state index in [0.29, 0.717) is 41.9 Å². The molecule has 0 unspecified atom stereocenters. The van der Waals surface area contributed by atoms with Crippen molar-refractivity contribution in [3.05, 3.63) is 83.9 Å². The maximum atomic E-state index is 12.5. The molecule has 1 aromatic heterocycles. The van der Waals surface area contributed by atoms with E-state index in [0.717, 1.165) is 10.9 Å². The van der Waals surface area contributed by atoms with Crippen molar-refractivity contribution in [3.8, 4) is 17.1 Å². The van der Waals surface area contributed by atoms with Crippen LogP contribution in [-0.4, -0.2) is 35.2 Å². The van der Waals surface area contributed by atoms with Crippen LogP contribution in [0.25, 0.3) is 22.2 Å². The molecule has 0 aliphatic heterocycles. The van der Waals surface area contributed by atoms with Gasteiger partial charge in [-0.25, -0.2) is 0 Å². The average molecular weight is 415 g/mol. The van der Waals surface area contributed by atoms with Crippen molar-refractivity contribution in [3.63, 3.8) is 0 Å². The number of rotatable bonds is 7. The monoisotopic (exact) mass is 415 g/mol. The quantitative estimate of drug-likeness (QED) is 0.399. The summed E-state index contributed by atoms with van der Waals surface area (Å²) in [7, 11) is 0. The number of carbonyl (C=O) groups is 2. The van der Waals surface area contributed by atoms with Gasteiger partial charge < -0.3 is 20.3 Å². The van der Waals surface area contributed by atoms with E-state index in [9.17, 15) is 14.7 Å². The van der Waals surface area contributed by atoms with Gasteiger partial charge in [-0.3, -0.25) is 9.59 Å². The summed E-state index contributed by atoms with van der Waals surface area (Å²) in [6, 6.07) is 21.0. The molecule has 1 heterocycles. The highest BCUT2D eigenvalue weighted by atomic mass is 16.5. The molecule has 0 aliphatic rings. The lowest BCUT2D eigenvalue weighted by Gasteiger charge is -2.07. The minimum Gasteiger partial charge on any atom is -0.508 e. The highest BCUT2D eigenvalue weighted by Crippen LogP contribution is 2.29. The molecule has 3 aromatic carbocycles. The number of amides is 2. The molecule has 4 aromatic rings. The standard InChI is InChI=1S/C24H21N3O4/c28-19-9-4-8-17(14-19)23(29)25-12-5-13-26-24(30)18-10-11-21-20(15-18)22(31-27-21)16-6-2-1-3-7-16/h1-4,6-11,14-15,28H,5,12-13H2,(H,25,29)(H,26,30). The van der Waals surface area contributed by atoms with Crippen LogP contribution in [0.1, 0.15) is 27.1 Å². The van der Waals surface area contributed by atoms with Crippen molar-refractivity contribution in [2.24, 2.45) is 0 Å². The first-order chi connectivity index (χ1) is 15.1. The van der Waals surface area contributed by atoms with E-state index in [2.05, 4.69) is 15.8 Å². The van der Waals surface area contributed by atoms with E-state index >= 15 is 0 Å². The second-order valence-corrected chi connectivity index (χ2v) is 7.03. The van der Waals surface area contributed by atoms with Crippen molar-refractivity contribution < 1.29 is 19.2 Å². The van der Waals surface area contributed by atoms with Gasteiger partial charge in [0.15, 0.2) is 5.76 Å². The van der Waals surface area contributed by atoms with E-state index in [4.69, 9.17) is 4.52 Å². The van der Waals surface area contributed by atoms with Crippen molar-refractivity contribution in [1.82, 2.24) is 15.8 Å². The first kappa shape index (κ1) is 20.2. The lowest BCUT2D eigenvalue weighted by Crippen LogP contribution is -2.29. The van der Waals surface area contributed by atoms with E-state index in [1.54, 1.807) is 30.3 Å². The summed E-state index contributed by atoms with van der Waals surface area (Å²) in [5, 5.41) is 19.9. The van der Waals surface area contributed by atoms with E-state index in [1.807, 2.05) is 30.3 Å². The van der Waals surface area contributed by atoms with Crippen LogP contribution in [0.2, 0.25) is 0 Å². The Hall–Kier alpha value is -4.13. The Morgan fingerprint density at radius 3 is 2.26 bits per heavy atom. The fourth-order valence-corrected chi connectivity index (χ4v) is 3.22. The maximum Gasteiger partial charge on any atom is 0.251 e. The van der Waals surface area contributed by atoms with Crippen LogP contribution in [0.5, 0.6) is 5.75 Å². The first-order valence-corrected chi connectivity index (χ1v) is 9.92. The van der Waals surface area contributed by atoms with Crippen molar-refractivity contribution >= 4 is 22.7 Å². The normalized spacial score (nSPS) is 10.7. The third-order valence-corrected chi connectivity index (χ3v) is 4.81. The number of benzene rings is 3. The molecule has 4 rings (SSSR count). The number of phenols is 1. The smallest absolute Gasteiger partial charge is 0.251 e. The van der Waals surface area contributed by atoms with Gasteiger partial charge in [0.2, 0.25) is 0 Å². The number of carbonyl (C=O) groups excluding carboxylic acids is 2. The van der Waals surface area contributed by atoms with Gasteiger partial charge in [-0.15, -0.1) is 0 Å². The molecule has 2 amide bonds. The van der Waals surface area contributed by atoms with Gasteiger partial charge in [0.25, 0.3) is 11.8 Å². The zero-order valence-electron chi connectivity index (χ0n) is 16.7. The zero-order valence-corrected chi connectivity index (χ0v) is 16.7. The molecule has 156 valence electrons. The Labute approximate surface area is 178 Å². The summed E-state index contributed by atoms with van der Waals surface area (Å²) in [5.74, 6) is 0.190. The number of hydrogen-bond donors (Lipinski definition) is 3. The molecular formula is C24H21N3O4. The SMILES string of the molecule is O=C(NCCCNC(=O)c1ccc2noc(-c3ccccc3)c2c1)c1cccc(O)c1. The van der Waals surface area contributed by atoms with E-state index in [1.165, 1.54) is 12.1 Å². The fraction of sp³-hybridized carbons (Fsp3) is 0.125. The van der Waals surface area contributed by atoms with Crippen molar-refractivity contribution in [2.75, 3.05) is 13.1 Å². The van der Waals surface area contributed by atoms with Crippen LogP contribution in [0, 0.1) is 0 Å². The lowest BCUT2D eigenvalue weighted by molar-refractivity contribution is 0.0951. The third-order valence-electron chi connectivity index (χ3n) is 4.81. The van der Waals surface area contributed by atoms with Crippen molar-refractivity contribution in [1.29, 1.82) is 0 Å². The Kier molecular flexibility index (Phi) is 5.93. The van der Waals surface area contributed by atoms with Gasteiger partial charge in [0.05, 0.1) is 5.39 Å². The molecule has 31 heavy (non-hydrogen) atoms. The van der Waals surface area contributed by atoms with Crippen molar-refractivity contribution in [2.45, 2.75) is 6.42 Å². The molecule has 0 bridgehead atoms. The second-order valence-electron chi connectivity index (χ2n) is 7.03. The van der Waals surface area contributed by atoms with Crippen LogP contribution in [0.4, 0.5) is 0 Å². The van der Waals surface area contributed by atoms with Gasteiger partial charge in [-0.2, -0.15) is 0 Å². The molecule has 0 aliphatic carbocycles. The van der Waals surface area contributed by atoms with Gasteiger partial charge in [0, 0.05) is 29.8 Å².